The number of nitriles is 1. The Morgan fingerprint density at radius 3 is 2.67 bits per heavy atom. The number of rotatable bonds is 3. The fourth-order valence-electron chi connectivity index (χ4n) is 1.30. The van der Waals surface area contributed by atoms with Gasteiger partial charge in [-0.05, 0) is 0 Å². The molecule has 0 aromatic carbocycles. The lowest BCUT2D eigenvalue weighted by molar-refractivity contribution is 0.146. The molecule has 0 amide bonds. The second-order valence-electron chi connectivity index (χ2n) is 2.79. The summed E-state index contributed by atoms with van der Waals surface area (Å²) in [5, 5.41) is 17.6. The molecule has 1 rings (SSSR count). The fourth-order valence-corrected chi connectivity index (χ4v) is 1.30. The van der Waals surface area contributed by atoms with E-state index in [1.54, 1.807) is 6.07 Å². The molecule has 0 saturated heterocycles. The van der Waals surface area contributed by atoms with Crippen LogP contribution in [0.25, 0.3) is 0 Å². The van der Waals surface area contributed by atoms with Gasteiger partial charge >= 0.3 is 0 Å². The van der Waals surface area contributed by atoms with E-state index in [1.807, 2.05) is 0 Å². The number of aliphatic hydroxyl groups excluding tert-OH is 1. The van der Waals surface area contributed by atoms with Crippen molar-refractivity contribution < 1.29 is 13.9 Å². The predicted octanol–water partition coefficient (Wildman–Crippen LogP) is 0.842. The number of hydrogen-bond acceptors (Lipinski definition) is 4. The standard InChI is InChI=1S/C9H9F2N3O/c10-9(11)8-5(1-12)3-14-7(2-13)6(8)4-15/h3,9,15H,2,4,13H2. The summed E-state index contributed by atoms with van der Waals surface area (Å²) >= 11 is 0. The second kappa shape index (κ2) is 4.77. The van der Waals surface area contributed by atoms with Crippen LogP contribution >= 0.6 is 0 Å². The van der Waals surface area contributed by atoms with E-state index in [0.717, 1.165) is 6.20 Å². The summed E-state index contributed by atoms with van der Waals surface area (Å²) in [4.78, 5) is 3.74. The van der Waals surface area contributed by atoms with Gasteiger partial charge in [-0.15, -0.1) is 0 Å². The average Bonchev–Trinajstić information content (AvgIpc) is 2.26. The molecule has 0 fully saturated rings. The molecule has 4 nitrogen and oxygen atoms in total. The van der Waals surface area contributed by atoms with E-state index >= 15 is 0 Å². The first-order chi connectivity index (χ1) is 7.15. The van der Waals surface area contributed by atoms with Crippen molar-refractivity contribution in [2.24, 2.45) is 5.73 Å². The minimum Gasteiger partial charge on any atom is -0.392 e. The molecule has 15 heavy (non-hydrogen) atoms. The predicted molar refractivity (Wildman–Crippen MR) is 47.7 cm³/mol. The minimum atomic E-state index is -2.82. The maximum absolute atomic E-state index is 12.6. The quantitative estimate of drug-likeness (QED) is 0.779. The van der Waals surface area contributed by atoms with E-state index in [2.05, 4.69) is 4.98 Å². The molecule has 1 aromatic heterocycles. The molecule has 0 saturated carbocycles. The van der Waals surface area contributed by atoms with Crippen LogP contribution in [-0.4, -0.2) is 10.1 Å². The van der Waals surface area contributed by atoms with Crippen molar-refractivity contribution in [1.82, 2.24) is 4.98 Å². The lowest BCUT2D eigenvalue weighted by Gasteiger charge is -2.11. The van der Waals surface area contributed by atoms with E-state index < -0.39 is 18.6 Å². The van der Waals surface area contributed by atoms with Gasteiger partial charge in [-0.2, -0.15) is 5.26 Å². The first-order valence-electron chi connectivity index (χ1n) is 4.15. The summed E-state index contributed by atoms with van der Waals surface area (Å²) in [5.74, 6) is 0. The Labute approximate surface area is 85.0 Å². The summed E-state index contributed by atoms with van der Waals surface area (Å²) in [6.07, 6.45) is -1.78. The van der Waals surface area contributed by atoms with Gasteiger partial charge in [0.2, 0.25) is 0 Å². The van der Waals surface area contributed by atoms with Crippen LogP contribution in [0.3, 0.4) is 0 Å². The van der Waals surface area contributed by atoms with Crippen LogP contribution in [0, 0.1) is 11.3 Å². The second-order valence-corrected chi connectivity index (χ2v) is 2.79. The van der Waals surface area contributed by atoms with Gasteiger partial charge in [0.1, 0.15) is 6.07 Å². The van der Waals surface area contributed by atoms with Crippen molar-refractivity contribution in [3.05, 3.63) is 28.6 Å². The van der Waals surface area contributed by atoms with Crippen molar-refractivity contribution >= 4 is 0 Å². The lowest BCUT2D eigenvalue weighted by atomic mass is 10.0. The molecule has 0 aliphatic carbocycles. The molecule has 0 radical (unpaired) electrons. The van der Waals surface area contributed by atoms with Crippen LogP contribution in [0.4, 0.5) is 8.78 Å². The third-order valence-corrected chi connectivity index (χ3v) is 2.00. The van der Waals surface area contributed by atoms with E-state index in [4.69, 9.17) is 16.1 Å². The smallest absolute Gasteiger partial charge is 0.265 e. The molecule has 0 aliphatic rings. The zero-order valence-corrected chi connectivity index (χ0v) is 7.74. The Bertz CT molecular complexity index is 401. The van der Waals surface area contributed by atoms with E-state index in [0.29, 0.717) is 0 Å². The highest BCUT2D eigenvalue weighted by atomic mass is 19.3. The zero-order chi connectivity index (χ0) is 11.4. The zero-order valence-electron chi connectivity index (χ0n) is 7.74. The molecule has 1 heterocycles. The van der Waals surface area contributed by atoms with E-state index in [1.165, 1.54) is 0 Å². The van der Waals surface area contributed by atoms with Crippen molar-refractivity contribution in [2.45, 2.75) is 19.6 Å². The van der Waals surface area contributed by atoms with Gasteiger partial charge in [-0.3, -0.25) is 4.98 Å². The number of aromatic nitrogens is 1. The molecule has 0 spiro atoms. The SMILES string of the molecule is N#Cc1cnc(CN)c(CO)c1C(F)F. The number of pyridine rings is 1. The first kappa shape index (κ1) is 11.5. The molecule has 0 atom stereocenters. The van der Waals surface area contributed by atoms with E-state index in [9.17, 15) is 8.78 Å². The average molecular weight is 213 g/mol. The van der Waals surface area contributed by atoms with Crippen LogP contribution in [0.15, 0.2) is 6.20 Å². The summed E-state index contributed by atoms with van der Waals surface area (Å²) in [6.45, 7) is -0.657. The van der Waals surface area contributed by atoms with Gasteiger partial charge in [0.25, 0.3) is 6.43 Å². The largest absolute Gasteiger partial charge is 0.392 e. The highest BCUT2D eigenvalue weighted by Crippen LogP contribution is 2.27. The summed E-state index contributed by atoms with van der Waals surface area (Å²) in [7, 11) is 0. The monoisotopic (exact) mass is 213 g/mol. The topological polar surface area (TPSA) is 82.9 Å². The molecule has 3 N–H and O–H groups in total. The van der Waals surface area contributed by atoms with E-state index in [-0.39, 0.29) is 23.4 Å². The van der Waals surface area contributed by atoms with Crippen molar-refractivity contribution in [3.63, 3.8) is 0 Å². The minimum absolute atomic E-state index is 0.0495. The normalized spacial score (nSPS) is 10.4. The number of hydrogen-bond donors (Lipinski definition) is 2. The summed E-state index contributed by atoms with van der Waals surface area (Å²) in [6, 6.07) is 1.61. The molecular formula is C9H9F2N3O. The number of nitrogens with zero attached hydrogens (tertiary/aromatic N) is 2. The Morgan fingerprint density at radius 2 is 2.27 bits per heavy atom. The highest BCUT2D eigenvalue weighted by molar-refractivity contribution is 5.43. The molecular weight excluding hydrogens is 204 g/mol. The van der Waals surface area contributed by atoms with Crippen LogP contribution in [0.5, 0.6) is 0 Å². The van der Waals surface area contributed by atoms with Gasteiger partial charge in [-0.25, -0.2) is 8.78 Å². The molecule has 1 aromatic rings. The number of halogens is 2. The molecule has 0 aliphatic heterocycles. The van der Waals surface area contributed by atoms with Gasteiger partial charge in [0.05, 0.1) is 17.9 Å². The Balaban J connectivity index is 3.46. The Hall–Kier alpha value is -1.58. The van der Waals surface area contributed by atoms with Gasteiger partial charge in [0, 0.05) is 23.9 Å². The maximum atomic E-state index is 12.6. The van der Waals surface area contributed by atoms with Crippen LogP contribution in [-0.2, 0) is 13.2 Å². The van der Waals surface area contributed by atoms with Gasteiger partial charge in [-0.1, -0.05) is 0 Å². The summed E-state index contributed by atoms with van der Waals surface area (Å²) < 4.78 is 25.3. The number of aliphatic hydroxyl groups is 1. The maximum Gasteiger partial charge on any atom is 0.265 e. The van der Waals surface area contributed by atoms with Crippen molar-refractivity contribution in [2.75, 3.05) is 0 Å². The Morgan fingerprint density at radius 1 is 1.60 bits per heavy atom. The first-order valence-corrected chi connectivity index (χ1v) is 4.15. The van der Waals surface area contributed by atoms with Gasteiger partial charge in [0.15, 0.2) is 0 Å². The Kier molecular flexibility index (Phi) is 3.66. The third kappa shape index (κ3) is 2.09. The molecule has 0 bridgehead atoms. The third-order valence-electron chi connectivity index (χ3n) is 2.00. The fraction of sp³-hybridized carbons (Fsp3) is 0.333. The van der Waals surface area contributed by atoms with Crippen molar-refractivity contribution in [1.29, 1.82) is 5.26 Å². The van der Waals surface area contributed by atoms with Crippen LogP contribution in [0.1, 0.15) is 28.8 Å². The molecule has 6 heteroatoms. The number of alkyl halides is 2. The molecule has 80 valence electrons. The van der Waals surface area contributed by atoms with Gasteiger partial charge < -0.3 is 10.8 Å². The van der Waals surface area contributed by atoms with Crippen LogP contribution < -0.4 is 5.73 Å². The summed E-state index contributed by atoms with van der Waals surface area (Å²) in [5.41, 5.74) is 4.72. The highest BCUT2D eigenvalue weighted by Gasteiger charge is 2.20. The molecule has 0 unspecified atom stereocenters. The van der Waals surface area contributed by atoms with Crippen LogP contribution in [0.2, 0.25) is 0 Å². The van der Waals surface area contributed by atoms with Crippen molar-refractivity contribution in [3.8, 4) is 6.07 Å². The lowest BCUT2D eigenvalue weighted by Crippen LogP contribution is -2.10. The number of nitrogens with two attached hydrogens (primary N) is 1.